The number of amides is 3. The van der Waals surface area contributed by atoms with Gasteiger partial charge in [0.15, 0.2) is 11.5 Å². The van der Waals surface area contributed by atoms with E-state index in [4.69, 9.17) is 9.47 Å². The molecule has 0 aromatic heterocycles. The molecule has 0 saturated carbocycles. The minimum atomic E-state index is -0.0192. The van der Waals surface area contributed by atoms with Gasteiger partial charge in [0.2, 0.25) is 5.91 Å². The van der Waals surface area contributed by atoms with Crippen LogP contribution in [-0.2, 0) is 11.3 Å². The molecule has 0 spiro atoms. The van der Waals surface area contributed by atoms with Gasteiger partial charge in [0, 0.05) is 50.7 Å². The smallest absolute Gasteiger partial charge is 0.319 e. The van der Waals surface area contributed by atoms with Crippen LogP contribution in [-0.4, -0.2) is 72.6 Å². The van der Waals surface area contributed by atoms with Gasteiger partial charge in [0.1, 0.15) is 13.2 Å². The molecule has 0 bridgehead atoms. The number of carbonyl (C=O) groups is 2. The molecule has 0 atom stereocenters. The summed E-state index contributed by atoms with van der Waals surface area (Å²) in [7, 11) is 0. The fourth-order valence-electron chi connectivity index (χ4n) is 4.49. The number of nitrogens with zero attached hydrogens (tertiary/aromatic N) is 3. The highest BCUT2D eigenvalue weighted by atomic mass is 16.6. The summed E-state index contributed by atoms with van der Waals surface area (Å²) >= 11 is 0. The molecule has 3 aliphatic rings. The molecule has 29 heavy (non-hydrogen) atoms. The number of likely N-dealkylation sites (tertiary alicyclic amines) is 2. The van der Waals surface area contributed by atoms with Crippen LogP contribution in [0.4, 0.5) is 4.79 Å². The number of carbonyl (C=O) groups excluding carboxylic acids is 2. The Balaban J connectivity index is 1.35. The maximum atomic E-state index is 13.2. The second-order valence-corrected chi connectivity index (χ2v) is 8.03. The van der Waals surface area contributed by atoms with E-state index < -0.39 is 0 Å². The number of rotatable bonds is 4. The van der Waals surface area contributed by atoms with Crippen LogP contribution < -0.4 is 9.47 Å². The van der Waals surface area contributed by atoms with Gasteiger partial charge in [-0.25, -0.2) is 4.79 Å². The number of benzene rings is 1. The molecule has 3 heterocycles. The Labute approximate surface area is 172 Å². The van der Waals surface area contributed by atoms with E-state index in [1.165, 1.54) is 0 Å². The van der Waals surface area contributed by atoms with Crippen molar-refractivity contribution in [3.63, 3.8) is 0 Å². The lowest BCUT2D eigenvalue weighted by Crippen LogP contribution is -2.48. The predicted molar refractivity (Wildman–Crippen MR) is 109 cm³/mol. The van der Waals surface area contributed by atoms with Gasteiger partial charge in [0.05, 0.1) is 0 Å². The van der Waals surface area contributed by atoms with Crippen molar-refractivity contribution in [2.75, 3.05) is 45.9 Å². The summed E-state index contributed by atoms with van der Waals surface area (Å²) < 4.78 is 11.5. The lowest BCUT2D eigenvalue weighted by atomic mass is 9.95. The second kappa shape index (κ2) is 8.93. The van der Waals surface area contributed by atoms with E-state index in [0.29, 0.717) is 39.4 Å². The summed E-state index contributed by atoms with van der Waals surface area (Å²) in [5.41, 5.74) is 0.985. The summed E-state index contributed by atoms with van der Waals surface area (Å²) in [6.07, 6.45) is 3.68. The Morgan fingerprint density at radius 2 is 1.72 bits per heavy atom. The van der Waals surface area contributed by atoms with Crippen molar-refractivity contribution in [2.45, 2.75) is 39.2 Å². The molecule has 0 N–H and O–H groups in total. The number of hydrogen-bond acceptors (Lipinski definition) is 4. The van der Waals surface area contributed by atoms with E-state index in [9.17, 15) is 9.59 Å². The molecular formula is C22H31N3O4. The summed E-state index contributed by atoms with van der Waals surface area (Å²) in [5.74, 6) is 1.67. The topological polar surface area (TPSA) is 62.3 Å². The highest BCUT2D eigenvalue weighted by Crippen LogP contribution is 2.34. The third-order valence-electron chi connectivity index (χ3n) is 6.19. The van der Waals surface area contributed by atoms with Crippen LogP contribution >= 0.6 is 0 Å². The fraction of sp³-hybridized carbons (Fsp3) is 0.636. The van der Waals surface area contributed by atoms with Crippen molar-refractivity contribution in [3.8, 4) is 11.5 Å². The maximum absolute atomic E-state index is 13.2. The molecular weight excluding hydrogens is 370 g/mol. The van der Waals surface area contributed by atoms with E-state index in [-0.39, 0.29) is 17.9 Å². The van der Waals surface area contributed by atoms with Crippen LogP contribution in [0.15, 0.2) is 18.2 Å². The number of para-hydroxylation sites is 1. The first-order chi connectivity index (χ1) is 14.2. The molecule has 0 unspecified atom stereocenters. The third-order valence-corrected chi connectivity index (χ3v) is 6.19. The van der Waals surface area contributed by atoms with Crippen LogP contribution in [0.2, 0.25) is 0 Å². The molecule has 4 rings (SSSR count). The molecule has 0 aliphatic carbocycles. The van der Waals surface area contributed by atoms with Crippen molar-refractivity contribution in [1.82, 2.24) is 14.7 Å². The molecule has 3 aliphatic heterocycles. The number of hydrogen-bond donors (Lipinski definition) is 0. The van der Waals surface area contributed by atoms with Crippen LogP contribution in [0, 0.1) is 5.92 Å². The molecule has 158 valence electrons. The van der Waals surface area contributed by atoms with Crippen LogP contribution in [0.25, 0.3) is 0 Å². The van der Waals surface area contributed by atoms with E-state index in [1.807, 2.05) is 39.8 Å². The van der Waals surface area contributed by atoms with Crippen LogP contribution in [0.3, 0.4) is 0 Å². The minimum absolute atomic E-state index is 0.0192. The molecule has 1 aromatic carbocycles. The summed E-state index contributed by atoms with van der Waals surface area (Å²) in [6.45, 7) is 7.35. The summed E-state index contributed by atoms with van der Waals surface area (Å²) in [5, 5.41) is 0. The van der Waals surface area contributed by atoms with E-state index in [0.717, 1.165) is 55.8 Å². The van der Waals surface area contributed by atoms with Gasteiger partial charge in [0.25, 0.3) is 0 Å². The molecule has 3 amide bonds. The third kappa shape index (κ3) is 4.28. The normalized spacial score (nSPS) is 19.3. The number of fused-ring (bicyclic) bond motifs is 1. The van der Waals surface area contributed by atoms with E-state index in [1.54, 1.807) is 0 Å². The quantitative estimate of drug-likeness (QED) is 0.778. The lowest BCUT2D eigenvalue weighted by Gasteiger charge is -2.36. The van der Waals surface area contributed by atoms with Crippen molar-refractivity contribution in [1.29, 1.82) is 0 Å². The van der Waals surface area contributed by atoms with Gasteiger partial charge in [-0.05, 0) is 38.7 Å². The number of ether oxygens (including phenoxy) is 2. The monoisotopic (exact) mass is 401 g/mol. The van der Waals surface area contributed by atoms with Crippen LogP contribution in [0.5, 0.6) is 11.5 Å². The van der Waals surface area contributed by atoms with Gasteiger partial charge in [-0.15, -0.1) is 0 Å². The Bertz CT molecular complexity index is 740. The Morgan fingerprint density at radius 3 is 2.45 bits per heavy atom. The fourth-order valence-corrected chi connectivity index (χ4v) is 4.49. The van der Waals surface area contributed by atoms with E-state index >= 15 is 0 Å². The first kappa shape index (κ1) is 19.9. The predicted octanol–water partition coefficient (Wildman–Crippen LogP) is 2.73. The zero-order valence-corrected chi connectivity index (χ0v) is 17.3. The average molecular weight is 402 g/mol. The summed E-state index contributed by atoms with van der Waals surface area (Å²) in [4.78, 5) is 31.5. The zero-order chi connectivity index (χ0) is 20.2. The number of urea groups is 1. The molecule has 2 saturated heterocycles. The standard InChI is InChI=1S/C22H31N3O4/c1-2-23(16-18-6-5-7-19-20(18)29-15-14-28-19)21(26)17-8-12-25(13-9-17)22(27)24-10-3-4-11-24/h5-7,17H,2-4,8-16H2,1H3. The largest absolute Gasteiger partial charge is 0.486 e. The van der Waals surface area contributed by atoms with Gasteiger partial charge in [-0.3, -0.25) is 4.79 Å². The molecule has 0 radical (unpaired) electrons. The molecule has 1 aromatic rings. The molecule has 2 fully saturated rings. The van der Waals surface area contributed by atoms with E-state index in [2.05, 4.69) is 0 Å². The van der Waals surface area contributed by atoms with Crippen LogP contribution in [0.1, 0.15) is 38.2 Å². The zero-order valence-electron chi connectivity index (χ0n) is 17.3. The SMILES string of the molecule is CCN(Cc1cccc2c1OCCO2)C(=O)C1CCN(C(=O)N2CCCC2)CC1. The van der Waals surface area contributed by atoms with Crippen molar-refractivity contribution in [2.24, 2.45) is 5.92 Å². The highest BCUT2D eigenvalue weighted by molar-refractivity contribution is 5.80. The number of piperidine rings is 1. The van der Waals surface area contributed by atoms with Gasteiger partial charge < -0.3 is 24.2 Å². The minimum Gasteiger partial charge on any atom is -0.486 e. The van der Waals surface area contributed by atoms with Gasteiger partial charge in [-0.1, -0.05) is 12.1 Å². The maximum Gasteiger partial charge on any atom is 0.319 e. The average Bonchev–Trinajstić information content (AvgIpc) is 3.31. The molecule has 7 nitrogen and oxygen atoms in total. The molecule has 7 heteroatoms. The van der Waals surface area contributed by atoms with Crippen molar-refractivity contribution >= 4 is 11.9 Å². The Morgan fingerprint density at radius 1 is 1.03 bits per heavy atom. The van der Waals surface area contributed by atoms with Crippen molar-refractivity contribution in [3.05, 3.63) is 23.8 Å². The lowest BCUT2D eigenvalue weighted by molar-refractivity contribution is -0.137. The van der Waals surface area contributed by atoms with Crippen molar-refractivity contribution < 1.29 is 19.1 Å². The Kier molecular flexibility index (Phi) is 6.11. The summed E-state index contributed by atoms with van der Waals surface area (Å²) in [6, 6.07) is 6.00. The van der Waals surface area contributed by atoms with Gasteiger partial charge in [-0.2, -0.15) is 0 Å². The first-order valence-electron chi connectivity index (χ1n) is 10.9. The first-order valence-corrected chi connectivity index (χ1v) is 10.9. The second-order valence-electron chi connectivity index (χ2n) is 8.03. The van der Waals surface area contributed by atoms with Gasteiger partial charge >= 0.3 is 6.03 Å². The Hall–Kier alpha value is -2.44. The highest BCUT2D eigenvalue weighted by Gasteiger charge is 2.32.